The number of nitrogens with two attached hydrogens (primary N) is 1. The van der Waals surface area contributed by atoms with Crippen molar-refractivity contribution in [3.8, 4) is 0 Å². The molecule has 0 fully saturated rings. The molecule has 0 aliphatic rings. The molecule has 2 amide bonds. The van der Waals surface area contributed by atoms with Crippen LogP contribution < -0.4 is 16.4 Å². The summed E-state index contributed by atoms with van der Waals surface area (Å²) in [5.41, 5.74) is 4.98. The van der Waals surface area contributed by atoms with E-state index < -0.39 is 23.8 Å². The molecule has 16 heavy (non-hydrogen) atoms. The zero-order chi connectivity index (χ0) is 12.7. The zero-order valence-electron chi connectivity index (χ0n) is 9.32. The number of rotatable bonds is 7. The van der Waals surface area contributed by atoms with Crippen molar-refractivity contribution >= 4 is 17.8 Å². The fraction of sp³-hybridized carbons (Fsp3) is 0.667. The second kappa shape index (κ2) is 6.78. The van der Waals surface area contributed by atoms with Crippen LogP contribution in [0.15, 0.2) is 0 Å². The first kappa shape index (κ1) is 14.4. The number of aliphatic carboxylic acids is 1. The quantitative estimate of drug-likeness (QED) is 0.421. The average molecular weight is 231 g/mol. The summed E-state index contributed by atoms with van der Waals surface area (Å²) in [6.07, 6.45) is 0.117. The predicted octanol–water partition coefficient (Wildman–Crippen LogP) is -1.57. The first-order chi connectivity index (χ1) is 7.32. The number of carboxylic acid groups (broad SMARTS) is 1. The van der Waals surface area contributed by atoms with Gasteiger partial charge in [0.25, 0.3) is 0 Å². The molecular formula is C9H17N3O4. The van der Waals surface area contributed by atoms with Crippen molar-refractivity contribution in [2.75, 3.05) is 6.54 Å². The molecule has 92 valence electrons. The monoisotopic (exact) mass is 231 g/mol. The molecular weight excluding hydrogens is 214 g/mol. The molecule has 2 unspecified atom stereocenters. The standard InChI is InChI=1S/C9H17N3O4/c1-5(3-8(10)14)11-4-7(9(15)16)12-6(2)13/h5,7,11H,3-4H2,1-2H3,(H2,10,14)(H,12,13)(H,15,16). The number of carbonyl (C=O) groups is 3. The van der Waals surface area contributed by atoms with E-state index in [1.807, 2.05) is 0 Å². The number of amides is 2. The number of hydrogen-bond acceptors (Lipinski definition) is 4. The van der Waals surface area contributed by atoms with Gasteiger partial charge in [-0.2, -0.15) is 0 Å². The molecule has 0 aromatic carbocycles. The third kappa shape index (κ3) is 6.77. The Bertz CT molecular complexity index is 280. The largest absolute Gasteiger partial charge is 0.480 e. The molecule has 0 bridgehead atoms. The van der Waals surface area contributed by atoms with E-state index in [4.69, 9.17) is 10.8 Å². The predicted molar refractivity (Wildman–Crippen MR) is 56.5 cm³/mol. The van der Waals surface area contributed by atoms with Crippen LogP contribution in [-0.4, -0.2) is 41.5 Å². The molecule has 0 aliphatic heterocycles. The highest BCUT2D eigenvalue weighted by atomic mass is 16.4. The van der Waals surface area contributed by atoms with Gasteiger partial charge in [0, 0.05) is 25.9 Å². The molecule has 0 saturated heterocycles. The first-order valence-corrected chi connectivity index (χ1v) is 4.84. The van der Waals surface area contributed by atoms with Gasteiger partial charge >= 0.3 is 5.97 Å². The van der Waals surface area contributed by atoms with Crippen LogP contribution in [0, 0.1) is 0 Å². The first-order valence-electron chi connectivity index (χ1n) is 4.84. The number of carboxylic acids is 1. The fourth-order valence-electron chi connectivity index (χ4n) is 1.14. The smallest absolute Gasteiger partial charge is 0.327 e. The molecule has 0 saturated carbocycles. The summed E-state index contributed by atoms with van der Waals surface area (Å²) in [7, 11) is 0. The Kier molecular flexibility index (Phi) is 6.09. The lowest BCUT2D eigenvalue weighted by Gasteiger charge is -2.17. The maximum Gasteiger partial charge on any atom is 0.327 e. The molecule has 0 heterocycles. The summed E-state index contributed by atoms with van der Waals surface area (Å²) in [5.74, 6) is -2.02. The average Bonchev–Trinajstić information content (AvgIpc) is 2.09. The van der Waals surface area contributed by atoms with Gasteiger partial charge in [0.2, 0.25) is 11.8 Å². The Balaban J connectivity index is 4.06. The van der Waals surface area contributed by atoms with Gasteiger partial charge in [-0.3, -0.25) is 9.59 Å². The van der Waals surface area contributed by atoms with Crippen molar-refractivity contribution in [1.29, 1.82) is 0 Å². The van der Waals surface area contributed by atoms with Crippen molar-refractivity contribution in [3.63, 3.8) is 0 Å². The lowest BCUT2D eigenvalue weighted by molar-refractivity contribution is -0.141. The third-order valence-electron chi connectivity index (χ3n) is 1.85. The Morgan fingerprint density at radius 2 is 1.94 bits per heavy atom. The topological polar surface area (TPSA) is 122 Å². The van der Waals surface area contributed by atoms with E-state index in [0.717, 1.165) is 0 Å². The summed E-state index contributed by atoms with van der Waals surface area (Å²) >= 11 is 0. The molecule has 0 aromatic rings. The number of carbonyl (C=O) groups excluding carboxylic acids is 2. The molecule has 0 radical (unpaired) electrons. The highest BCUT2D eigenvalue weighted by Crippen LogP contribution is 1.90. The maximum absolute atomic E-state index is 10.7. The van der Waals surface area contributed by atoms with Crippen LogP contribution in [0.25, 0.3) is 0 Å². The van der Waals surface area contributed by atoms with Crippen molar-refractivity contribution < 1.29 is 19.5 Å². The van der Waals surface area contributed by atoms with Crippen LogP contribution >= 0.6 is 0 Å². The SMILES string of the molecule is CC(=O)NC(CNC(C)CC(N)=O)C(=O)O. The molecule has 7 nitrogen and oxygen atoms in total. The van der Waals surface area contributed by atoms with E-state index in [9.17, 15) is 14.4 Å². The summed E-state index contributed by atoms with van der Waals surface area (Å²) < 4.78 is 0. The Hall–Kier alpha value is -1.63. The minimum atomic E-state index is -1.13. The van der Waals surface area contributed by atoms with Crippen molar-refractivity contribution in [1.82, 2.24) is 10.6 Å². The van der Waals surface area contributed by atoms with E-state index in [1.165, 1.54) is 6.92 Å². The highest BCUT2D eigenvalue weighted by Gasteiger charge is 2.19. The second-order valence-electron chi connectivity index (χ2n) is 3.57. The lowest BCUT2D eigenvalue weighted by Crippen LogP contribution is -2.48. The number of nitrogens with one attached hydrogen (secondary N) is 2. The minimum absolute atomic E-state index is 0.0450. The van der Waals surface area contributed by atoms with Crippen LogP contribution in [0.1, 0.15) is 20.3 Å². The molecule has 0 rings (SSSR count). The van der Waals surface area contributed by atoms with Gasteiger partial charge < -0.3 is 21.5 Å². The number of primary amides is 1. The van der Waals surface area contributed by atoms with Crippen LogP contribution in [0.4, 0.5) is 0 Å². The molecule has 0 aromatic heterocycles. The normalized spacial score (nSPS) is 13.9. The van der Waals surface area contributed by atoms with Gasteiger partial charge in [-0.25, -0.2) is 4.79 Å². The van der Waals surface area contributed by atoms with Crippen molar-refractivity contribution in [2.24, 2.45) is 5.73 Å². The summed E-state index contributed by atoms with van der Waals surface area (Å²) in [6.45, 7) is 2.99. The Morgan fingerprint density at radius 1 is 1.38 bits per heavy atom. The van der Waals surface area contributed by atoms with Gasteiger partial charge in [-0.1, -0.05) is 0 Å². The van der Waals surface area contributed by atoms with Crippen molar-refractivity contribution in [2.45, 2.75) is 32.4 Å². The Labute approximate surface area is 93.4 Å². The van der Waals surface area contributed by atoms with Gasteiger partial charge in [-0.15, -0.1) is 0 Å². The van der Waals surface area contributed by atoms with Crippen LogP contribution in [0.3, 0.4) is 0 Å². The Morgan fingerprint density at radius 3 is 2.31 bits per heavy atom. The van der Waals surface area contributed by atoms with E-state index >= 15 is 0 Å². The second-order valence-corrected chi connectivity index (χ2v) is 3.57. The highest BCUT2D eigenvalue weighted by molar-refractivity contribution is 5.82. The lowest BCUT2D eigenvalue weighted by atomic mass is 10.2. The van der Waals surface area contributed by atoms with Gasteiger partial charge in [0.15, 0.2) is 0 Å². The van der Waals surface area contributed by atoms with E-state index in [-0.39, 0.29) is 19.0 Å². The van der Waals surface area contributed by atoms with Crippen molar-refractivity contribution in [3.05, 3.63) is 0 Å². The summed E-state index contributed by atoms with van der Waals surface area (Å²) in [4.78, 5) is 32.0. The van der Waals surface area contributed by atoms with Crippen LogP contribution in [0.5, 0.6) is 0 Å². The molecule has 0 aliphatic carbocycles. The van der Waals surface area contributed by atoms with E-state index in [1.54, 1.807) is 6.92 Å². The molecule has 0 spiro atoms. The van der Waals surface area contributed by atoms with Gasteiger partial charge in [0.1, 0.15) is 6.04 Å². The summed E-state index contributed by atoms with van der Waals surface area (Å²) in [5, 5.41) is 13.8. The third-order valence-corrected chi connectivity index (χ3v) is 1.85. The molecule has 2 atom stereocenters. The van der Waals surface area contributed by atoms with E-state index in [0.29, 0.717) is 0 Å². The zero-order valence-corrected chi connectivity index (χ0v) is 9.32. The number of hydrogen-bond donors (Lipinski definition) is 4. The van der Waals surface area contributed by atoms with Gasteiger partial charge in [0.05, 0.1) is 0 Å². The van der Waals surface area contributed by atoms with Crippen LogP contribution in [-0.2, 0) is 14.4 Å². The van der Waals surface area contributed by atoms with Gasteiger partial charge in [-0.05, 0) is 6.92 Å². The molecule has 5 N–H and O–H groups in total. The fourth-order valence-corrected chi connectivity index (χ4v) is 1.14. The van der Waals surface area contributed by atoms with E-state index in [2.05, 4.69) is 10.6 Å². The minimum Gasteiger partial charge on any atom is -0.480 e. The maximum atomic E-state index is 10.7. The van der Waals surface area contributed by atoms with Crippen LogP contribution in [0.2, 0.25) is 0 Å². The molecule has 7 heteroatoms. The summed E-state index contributed by atoms with van der Waals surface area (Å²) in [6, 6.07) is -1.24.